The largest absolute Gasteiger partial charge is 0.324 e. The Hall–Kier alpha value is -0.910. The summed E-state index contributed by atoms with van der Waals surface area (Å²) in [6.07, 6.45) is 2.29. The molecule has 1 aromatic rings. The van der Waals surface area contributed by atoms with Gasteiger partial charge in [0.25, 0.3) is 0 Å². The first kappa shape index (κ1) is 14.5. The van der Waals surface area contributed by atoms with Gasteiger partial charge in [-0.1, -0.05) is 38.5 Å². The zero-order valence-electron chi connectivity index (χ0n) is 11.8. The van der Waals surface area contributed by atoms with Crippen molar-refractivity contribution in [3.05, 3.63) is 34.9 Å². The molecule has 0 spiro atoms. The molecule has 0 aliphatic carbocycles. The fourth-order valence-corrected chi connectivity index (χ4v) is 3.15. The van der Waals surface area contributed by atoms with Gasteiger partial charge in [0.1, 0.15) is 0 Å². The molecule has 0 saturated heterocycles. The fraction of sp³-hybridized carbons (Fsp3) is 0.571. The lowest BCUT2D eigenvalue weighted by atomic mass is 9.91. The van der Waals surface area contributed by atoms with Gasteiger partial charge in [-0.3, -0.25) is 0 Å². The predicted molar refractivity (Wildman–Crippen MR) is 76.9 cm³/mol. The van der Waals surface area contributed by atoms with Crippen LogP contribution in [0.5, 0.6) is 0 Å². The minimum Gasteiger partial charge on any atom is -0.324 e. The molecule has 0 saturated carbocycles. The molecule has 2 N–H and O–H groups in total. The van der Waals surface area contributed by atoms with Gasteiger partial charge in [-0.25, -0.2) is 8.42 Å². The van der Waals surface area contributed by atoms with Crippen molar-refractivity contribution in [2.45, 2.75) is 39.4 Å². The van der Waals surface area contributed by atoms with Gasteiger partial charge in [0, 0.05) is 19.1 Å². The molecule has 2 atom stereocenters. The molecule has 19 heavy (non-hydrogen) atoms. The predicted octanol–water partition coefficient (Wildman–Crippen LogP) is 2.01. The Bertz CT molecular complexity index is 569. The van der Waals surface area contributed by atoms with E-state index in [0.29, 0.717) is 19.0 Å². The summed E-state index contributed by atoms with van der Waals surface area (Å²) in [7, 11) is -3.12. The molecule has 0 bridgehead atoms. The minimum atomic E-state index is -3.12. The van der Waals surface area contributed by atoms with Crippen molar-refractivity contribution in [2.75, 3.05) is 6.26 Å². The van der Waals surface area contributed by atoms with Gasteiger partial charge in [-0.05, 0) is 22.6 Å². The minimum absolute atomic E-state index is 0.0163. The molecule has 106 valence electrons. The highest BCUT2D eigenvalue weighted by molar-refractivity contribution is 7.88. The van der Waals surface area contributed by atoms with Crippen molar-refractivity contribution >= 4 is 10.0 Å². The maximum atomic E-state index is 11.6. The summed E-state index contributed by atoms with van der Waals surface area (Å²) in [5.41, 5.74) is 9.51. The lowest BCUT2D eigenvalue weighted by Crippen LogP contribution is -2.23. The third kappa shape index (κ3) is 2.99. The Morgan fingerprint density at radius 2 is 1.95 bits per heavy atom. The van der Waals surface area contributed by atoms with Crippen molar-refractivity contribution in [1.82, 2.24) is 4.31 Å². The van der Waals surface area contributed by atoms with E-state index in [-0.39, 0.29) is 6.04 Å². The van der Waals surface area contributed by atoms with Gasteiger partial charge in [0.05, 0.1) is 6.26 Å². The number of fused-ring (bicyclic) bond motifs is 1. The first-order chi connectivity index (χ1) is 8.82. The SMILES string of the molecule is CCC(C)C(N)c1ccc2c(c1)CN(S(C)(=O)=O)C2. The molecule has 5 heteroatoms. The maximum absolute atomic E-state index is 11.6. The molecular weight excluding hydrogens is 260 g/mol. The molecule has 1 aromatic carbocycles. The zero-order chi connectivity index (χ0) is 14.2. The topological polar surface area (TPSA) is 63.4 Å². The van der Waals surface area contributed by atoms with Gasteiger partial charge in [0.2, 0.25) is 10.0 Å². The van der Waals surface area contributed by atoms with Crippen LogP contribution in [0.3, 0.4) is 0 Å². The zero-order valence-corrected chi connectivity index (χ0v) is 12.6. The summed E-state index contributed by atoms with van der Waals surface area (Å²) in [5.74, 6) is 0.422. The van der Waals surface area contributed by atoms with Crippen molar-refractivity contribution in [3.8, 4) is 0 Å². The smallest absolute Gasteiger partial charge is 0.211 e. The number of hydrogen-bond donors (Lipinski definition) is 1. The van der Waals surface area contributed by atoms with Gasteiger partial charge in [-0.15, -0.1) is 0 Å². The van der Waals surface area contributed by atoms with Crippen LogP contribution in [0.1, 0.15) is 43.0 Å². The lowest BCUT2D eigenvalue weighted by molar-refractivity contribution is 0.436. The summed E-state index contributed by atoms with van der Waals surface area (Å²) in [6.45, 7) is 5.21. The van der Waals surface area contributed by atoms with Crippen molar-refractivity contribution in [3.63, 3.8) is 0 Å². The number of nitrogens with two attached hydrogens (primary N) is 1. The highest BCUT2D eigenvalue weighted by Gasteiger charge is 2.26. The number of benzene rings is 1. The highest BCUT2D eigenvalue weighted by atomic mass is 32.2. The maximum Gasteiger partial charge on any atom is 0.211 e. The second-order valence-corrected chi connectivity index (χ2v) is 7.45. The number of nitrogens with zero attached hydrogens (tertiary/aromatic N) is 1. The Kier molecular flexibility index (Phi) is 3.99. The van der Waals surface area contributed by atoms with Crippen LogP contribution in [-0.2, 0) is 23.1 Å². The molecular formula is C14H22N2O2S. The first-order valence-electron chi connectivity index (χ1n) is 6.65. The Balaban J connectivity index is 2.24. The van der Waals surface area contributed by atoms with E-state index in [0.717, 1.165) is 23.1 Å². The van der Waals surface area contributed by atoms with E-state index in [4.69, 9.17) is 5.73 Å². The molecule has 0 aromatic heterocycles. The molecule has 0 fully saturated rings. The number of sulfonamides is 1. The van der Waals surface area contributed by atoms with Crippen LogP contribution < -0.4 is 5.73 Å². The molecule has 2 unspecified atom stereocenters. The Morgan fingerprint density at radius 1 is 1.32 bits per heavy atom. The number of rotatable bonds is 4. The van der Waals surface area contributed by atoms with Crippen LogP contribution in [0.4, 0.5) is 0 Å². The summed E-state index contributed by atoms with van der Waals surface area (Å²) >= 11 is 0. The van der Waals surface area contributed by atoms with E-state index >= 15 is 0 Å². The second-order valence-electron chi connectivity index (χ2n) is 5.47. The molecule has 1 heterocycles. The molecule has 0 radical (unpaired) electrons. The van der Waals surface area contributed by atoms with Crippen LogP contribution in [0.25, 0.3) is 0 Å². The normalized spacial score (nSPS) is 19.2. The quantitative estimate of drug-likeness (QED) is 0.918. The standard InChI is InChI=1S/C14H22N2O2S/c1-4-10(2)14(15)11-5-6-12-8-16(19(3,17)18)9-13(12)7-11/h5-7,10,14H,4,8-9,15H2,1-3H3. The van der Waals surface area contributed by atoms with Crippen LogP contribution in [0.2, 0.25) is 0 Å². The Labute approximate surface area is 115 Å². The third-order valence-corrected chi connectivity index (χ3v) is 5.23. The molecule has 2 rings (SSSR count). The molecule has 4 nitrogen and oxygen atoms in total. The van der Waals surface area contributed by atoms with Crippen molar-refractivity contribution < 1.29 is 8.42 Å². The Morgan fingerprint density at radius 3 is 2.53 bits per heavy atom. The lowest BCUT2D eigenvalue weighted by Gasteiger charge is -2.19. The number of hydrogen-bond acceptors (Lipinski definition) is 3. The van der Waals surface area contributed by atoms with E-state index in [9.17, 15) is 8.42 Å². The van der Waals surface area contributed by atoms with E-state index in [2.05, 4.69) is 19.9 Å². The first-order valence-corrected chi connectivity index (χ1v) is 8.50. The van der Waals surface area contributed by atoms with E-state index in [1.54, 1.807) is 0 Å². The molecule has 1 aliphatic rings. The highest BCUT2D eigenvalue weighted by Crippen LogP contribution is 2.29. The van der Waals surface area contributed by atoms with Gasteiger partial charge < -0.3 is 5.73 Å². The average Bonchev–Trinajstić information content (AvgIpc) is 2.79. The molecule has 0 amide bonds. The monoisotopic (exact) mass is 282 g/mol. The summed E-state index contributed by atoms with van der Waals surface area (Å²) < 4.78 is 24.6. The summed E-state index contributed by atoms with van der Waals surface area (Å²) in [5, 5.41) is 0. The van der Waals surface area contributed by atoms with Crippen LogP contribution >= 0.6 is 0 Å². The second kappa shape index (κ2) is 5.23. The van der Waals surface area contributed by atoms with Crippen LogP contribution in [0.15, 0.2) is 18.2 Å². The van der Waals surface area contributed by atoms with Gasteiger partial charge in [-0.2, -0.15) is 4.31 Å². The van der Waals surface area contributed by atoms with E-state index in [1.807, 2.05) is 12.1 Å². The van der Waals surface area contributed by atoms with E-state index < -0.39 is 10.0 Å². The van der Waals surface area contributed by atoms with Crippen molar-refractivity contribution in [1.29, 1.82) is 0 Å². The average molecular weight is 282 g/mol. The summed E-state index contributed by atoms with van der Waals surface area (Å²) in [4.78, 5) is 0. The van der Waals surface area contributed by atoms with Gasteiger partial charge in [0.15, 0.2) is 0 Å². The molecule has 1 aliphatic heterocycles. The van der Waals surface area contributed by atoms with Crippen LogP contribution in [-0.4, -0.2) is 19.0 Å². The summed E-state index contributed by atoms with van der Waals surface area (Å²) in [6, 6.07) is 6.12. The third-order valence-electron chi connectivity index (χ3n) is 4.03. The van der Waals surface area contributed by atoms with Crippen molar-refractivity contribution in [2.24, 2.45) is 11.7 Å². The fourth-order valence-electron chi connectivity index (χ4n) is 2.41. The van der Waals surface area contributed by atoms with Crippen LogP contribution in [0, 0.1) is 5.92 Å². The van der Waals surface area contributed by atoms with E-state index in [1.165, 1.54) is 10.6 Å². The van der Waals surface area contributed by atoms with Gasteiger partial charge >= 0.3 is 0 Å².